The number of nitrogens with zero attached hydrogens (tertiary/aromatic N) is 2. The van der Waals surface area contributed by atoms with Gasteiger partial charge in [0.05, 0.1) is 13.0 Å². The average molecular weight is 1550 g/mol. The molecule has 7 rings (SSSR count). The number of aliphatic carboxylic acids is 2. The van der Waals surface area contributed by atoms with Crippen LogP contribution in [0.5, 0.6) is 11.5 Å². The van der Waals surface area contributed by atoms with Gasteiger partial charge in [0.25, 0.3) is 5.91 Å². The zero-order valence-corrected chi connectivity index (χ0v) is 62.8. The fourth-order valence-electron chi connectivity index (χ4n) is 12.5. The molecule has 3 aliphatic heterocycles. The summed E-state index contributed by atoms with van der Waals surface area (Å²) in [5.41, 5.74) is 14.3. The molecule has 19 N–H and O–H groups in total. The van der Waals surface area contributed by atoms with Crippen molar-refractivity contribution < 1.29 is 87.2 Å². The van der Waals surface area contributed by atoms with Crippen molar-refractivity contribution in [2.24, 2.45) is 22.5 Å². The molecule has 1 saturated heterocycles. The predicted molar refractivity (Wildman–Crippen MR) is 405 cm³/mol. The van der Waals surface area contributed by atoms with Crippen LogP contribution in [-0.2, 0) is 91.5 Å². The van der Waals surface area contributed by atoms with Crippen LogP contribution < -0.4 is 69.4 Å². The molecule has 109 heavy (non-hydrogen) atoms. The van der Waals surface area contributed by atoms with Gasteiger partial charge in [-0.15, -0.1) is 0 Å². The third-order valence-corrected chi connectivity index (χ3v) is 20.5. The number of primary amides is 1. The number of fused-ring (bicyclic) bond motifs is 7. The third-order valence-electron chi connectivity index (χ3n) is 18.3. The predicted octanol–water partition coefficient (Wildman–Crippen LogP) is 1.08. The van der Waals surface area contributed by atoms with Crippen molar-refractivity contribution in [3.05, 3.63) is 95.2 Å². The van der Waals surface area contributed by atoms with E-state index in [0.717, 1.165) is 19.1 Å². The molecule has 0 spiro atoms. The molecular formula is C73H100N16O18S2. The van der Waals surface area contributed by atoms with Crippen molar-refractivity contribution >= 4 is 124 Å². The van der Waals surface area contributed by atoms with Crippen molar-refractivity contribution in [1.82, 2.24) is 63.1 Å². The highest BCUT2D eigenvalue weighted by Crippen LogP contribution is 2.28. The minimum Gasteiger partial charge on any atom is -0.508 e. The Bertz CT molecular complexity index is 3900. The Hall–Kier alpha value is -10.7. The van der Waals surface area contributed by atoms with E-state index in [0.29, 0.717) is 71.0 Å². The number of hydrogen-bond donors (Lipinski definition) is 17. The van der Waals surface area contributed by atoms with Gasteiger partial charge in [0.2, 0.25) is 59.1 Å². The van der Waals surface area contributed by atoms with Crippen LogP contribution in [-0.4, -0.2) is 213 Å². The first-order valence-corrected chi connectivity index (χ1v) is 38.7. The number of aromatic nitrogens is 1. The first-order chi connectivity index (χ1) is 52.2. The van der Waals surface area contributed by atoms with E-state index in [-0.39, 0.29) is 99.5 Å². The van der Waals surface area contributed by atoms with E-state index < -0.39 is 163 Å². The summed E-state index contributed by atoms with van der Waals surface area (Å²) in [6, 6.07) is 2.85. The van der Waals surface area contributed by atoms with Gasteiger partial charge in [-0.1, -0.05) is 75.2 Å². The van der Waals surface area contributed by atoms with E-state index in [9.17, 15) is 68.1 Å². The van der Waals surface area contributed by atoms with Gasteiger partial charge >= 0.3 is 11.9 Å². The van der Waals surface area contributed by atoms with Crippen molar-refractivity contribution in [2.75, 3.05) is 37.8 Å². The molecule has 3 aliphatic rings. The zero-order chi connectivity index (χ0) is 79.1. The number of carbonyl (C=O) groups is 13. The van der Waals surface area contributed by atoms with Crippen molar-refractivity contribution in [3.63, 3.8) is 0 Å². The number of nitrogens with one attached hydrogen (secondary N) is 12. The smallest absolute Gasteiger partial charge is 0.305 e. The Kier molecular flexibility index (Phi) is 34.1. The van der Waals surface area contributed by atoms with Gasteiger partial charge < -0.3 is 99.4 Å². The summed E-state index contributed by atoms with van der Waals surface area (Å²) in [5, 5.41) is 68.9. The number of phenols is 1. The molecule has 0 saturated carbocycles. The number of unbranched alkanes of at least 4 members (excludes halogenated alkanes) is 1. The van der Waals surface area contributed by atoms with Crippen LogP contribution >= 0.6 is 23.5 Å². The Balaban J connectivity index is 1.30. The van der Waals surface area contributed by atoms with Gasteiger partial charge in [0.1, 0.15) is 84.7 Å². The van der Waals surface area contributed by atoms with Crippen molar-refractivity contribution in [1.29, 1.82) is 5.41 Å². The quantitative estimate of drug-likeness (QED) is 0.0376. The number of hydrogen-bond acceptors (Lipinski definition) is 20. The topological polar surface area (TPSA) is 529 Å². The highest BCUT2D eigenvalue weighted by Gasteiger charge is 2.41. The lowest BCUT2D eigenvalue weighted by atomic mass is 9.99. The van der Waals surface area contributed by atoms with Gasteiger partial charge in [-0.3, -0.25) is 67.7 Å². The Morgan fingerprint density at radius 2 is 1.25 bits per heavy atom. The minimum absolute atomic E-state index is 0.0110. The van der Waals surface area contributed by atoms with Crippen LogP contribution in [0, 0.1) is 11.3 Å². The number of amides is 11. The molecule has 592 valence electrons. The lowest BCUT2D eigenvalue weighted by Gasteiger charge is -2.31. The van der Waals surface area contributed by atoms with E-state index in [1.54, 1.807) is 56.4 Å². The van der Waals surface area contributed by atoms with E-state index in [2.05, 4.69) is 63.3 Å². The number of ether oxygens (including phenoxy) is 1. The molecule has 0 aliphatic carbocycles. The number of aromatic hydroxyl groups is 1. The van der Waals surface area contributed by atoms with Crippen LogP contribution in [0.15, 0.2) is 78.1 Å². The maximum atomic E-state index is 15.3. The second-order valence-corrected chi connectivity index (χ2v) is 29.3. The van der Waals surface area contributed by atoms with Crippen molar-refractivity contribution in [3.8, 4) is 11.5 Å². The number of guanidine groups is 1. The van der Waals surface area contributed by atoms with Crippen LogP contribution in [0.2, 0.25) is 0 Å². The molecule has 10 atom stereocenters. The number of phenolic OH excluding ortho intramolecular Hbond substituents is 1. The maximum Gasteiger partial charge on any atom is 0.305 e. The second kappa shape index (κ2) is 43.4. The summed E-state index contributed by atoms with van der Waals surface area (Å²) in [5.74, 6) is -13.9. The summed E-state index contributed by atoms with van der Waals surface area (Å²) < 4.78 is 6.31. The highest BCUT2D eigenvalue weighted by molar-refractivity contribution is 7.98. The minimum atomic E-state index is -1.90. The molecule has 1 fully saturated rings. The summed E-state index contributed by atoms with van der Waals surface area (Å²) >= 11 is 2.40. The summed E-state index contributed by atoms with van der Waals surface area (Å²) in [4.78, 5) is 195. The largest absolute Gasteiger partial charge is 0.508 e. The average Bonchev–Trinajstić information content (AvgIpc) is 1.82. The third kappa shape index (κ3) is 27.8. The number of carboxylic acids is 2. The number of carboxylic acid groups (broad SMARTS) is 2. The lowest BCUT2D eigenvalue weighted by Crippen LogP contribution is -2.62. The van der Waals surface area contributed by atoms with Gasteiger partial charge in [-0.2, -0.15) is 23.5 Å². The van der Waals surface area contributed by atoms with Crippen LogP contribution in [0.3, 0.4) is 0 Å². The second-order valence-electron chi connectivity index (χ2n) is 27.2. The maximum absolute atomic E-state index is 15.3. The molecule has 4 aromatic rings. The zero-order valence-electron chi connectivity index (χ0n) is 61.2. The first kappa shape index (κ1) is 85.6. The number of aromatic amines is 1. The SMILES string of the molecule is CCCC[C@@H]1NC(=O)[C@@H]2CCCN2C(=O)[C@@H]2CSCc3cc(cc(c3)OCCCCCCO/N=C/C(=O)N[C@@H](CCCNC(=N)N)C(=O)N2)CSC[C@@H](C(N)=O)NC(=O)[C@H](CCC(=O)O)NC(=O)[C@H](Cc2ccc(O)cc2)NC(=O)[C@H](Cc2c[nH]c3ccccc23)NC(=O)[C@H](C(C)C)NC(=O)[C@H](CC(=O)O)NC1=O. The summed E-state index contributed by atoms with van der Waals surface area (Å²) in [6.07, 6.45) is 3.64. The number of thioether (sulfide) groups is 2. The van der Waals surface area contributed by atoms with Crippen LogP contribution in [0.25, 0.3) is 10.9 Å². The van der Waals surface area contributed by atoms with Crippen molar-refractivity contribution in [2.45, 2.75) is 195 Å². The number of rotatable bonds is 18. The molecule has 0 unspecified atom stereocenters. The Morgan fingerprint density at radius 1 is 0.651 bits per heavy atom. The Morgan fingerprint density at radius 3 is 1.93 bits per heavy atom. The molecule has 3 aromatic carbocycles. The number of para-hydroxylation sites is 1. The Labute approximate surface area is 638 Å². The molecule has 34 nitrogen and oxygen atoms in total. The van der Waals surface area contributed by atoms with Crippen LogP contribution in [0.4, 0.5) is 0 Å². The van der Waals surface area contributed by atoms with Gasteiger partial charge in [-0.25, -0.2) is 0 Å². The molecular weight excluding hydrogens is 1450 g/mol. The highest BCUT2D eigenvalue weighted by atomic mass is 32.2. The lowest BCUT2D eigenvalue weighted by molar-refractivity contribution is -0.143. The van der Waals surface area contributed by atoms with E-state index >= 15 is 9.59 Å². The monoisotopic (exact) mass is 1550 g/mol. The fourth-order valence-corrected chi connectivity index (χ4v) is 14.5. The van der Waals surface area contributed by atoms with E-state index in [4.69, 9.17) is 26.5 Å². The van der Waals surface area contributed by atoms with E-state index in [1.165, 1.54) is 52.7 Å². The van der Waals surface area contributed by atoms with Gasteiger partial charge in [0.15, 0.2) is 5.96 Å². The van der Waals surface area contributed by atoms with Gasteiger partial charge in [-0.05, 0) is 123 Å². The number of nitrogens with two attached hydrogens (primary N) is 2. The number of oxime groups is 1. The summed E-state index contributed by atoms with van der Waals surface area (Å²) in [6.45, 7) is 5.49. The summed E-state index contributed by atoms with van der Waals surface area (Å²) in [7, 11) is 0. The molecule has 1 aromatic heterocycles. The number of benzene rings is 3. The first-order valence-electron chi connectivity index (χ1n) is 36.4. The molecule has 36 heteroatoms. The molecule has 0 radical (unpaired) electrons. The molecule has 11 amide bonds. The molecule has 4 bridgehead atoms. The molecule has 4 heterocycles. The van der Waals surface area contributed by atoms with E-state index in [1.807, 2.05) is 13.0 Å². The number of carbonyl (C=O) groups excluding carboxylic acids is 11. The normalized spacial score (nSPS) is 23.9. The standard InChI is InChI=1S/C73H100N16O18S2/c1-4-5-15-51-65(98)84-55(34-61(94)95)69(102)88-62(41(2)3)71(104)85-54(33-45-35-78-49-16-9-8-14-48(45)49)68(101)83-53(32-42-19-21-46(90)22-20-42)67(100)81-52(23-24-60(92)93)66(99)86-56(63(74)96)39-108-37-43-29-44-31-47(30-43)106-27-10-6-7-11-28-107-79-36-59(91)80-50(17-12-25-77-73(75)76)64(97)87-57(40-109-38-44)72(105)89-26-13-18-58(89)70(103)82-51/h8-9,14,16,19-22,29-31,35-36,41,50-58,62,78,90H,4-7,10-13,15,17-18,23-28,32-34,37-40H2,1-3H3,(H2,74,96)(H,80,91)(H,81,100)(H,82,103)(H,83,101)(H,84,98)(H,85,104)(H,86,99)(H,87,97)(H,88,102)(H,92,93)(H,94,95)(H4,75,76,77)/b79-36+/t50-,51-,52-,53-,54-,55-,56-,57-,58-,62-/m0/s1. The number of H-pyrrole nitrogens is 1. The van der Waals surface area contributed by atoms with Crippen LogP contribution in [0.1, 0.15) is 133 Å². The fraction of sp³-hybridized carbons (Fsp3) is 0.521. The van der Waals surface area contributed by atoms with Gasteiger partial charge in [0, 0.05) is 72.5 Å².